The van der Waals surface area contributed by atoms with Crippen LogP contribution in [-0.2, 0) is 0 Å². The molecule has 0 amide bonds. The Bertz CT molecular complexity index is 1220. The van der Waals surface area contributed by atoms with Crippen molar-refractivity contribution in [3.05, 3.63) is 108 Å². The first kappa shape index (κ1) is 19.3. The summed E-state index contributed by atoms with van der Waals surface area (Å²) in [6, 6.07) is 27.3. The zero-order valence-electron chi connectivity index (χ0n) is 17.0. The molecular formula is C25H22N4OS. The molecule has 0 bridgehead atoms. The van der Waals surface area contributed by atoms with Gasteiger partial charge in [0.05, 0.1) is 17.4 Å². The van der Waals surface area contributed by atoms with Crippen LogP contribution in [-0.4, -0.2) is 19.8 Å². The van der Waals surface area contributed by atoms with Crippen LogP contribution in [0.1, 0.15) is 29.2 Å². The molecule has 0 radical (unpaired) electrons. The van der Waals surface area contributed by atoms with Crippen LogP contribution in [0.3, 0.4) is 0 Å². The van der Waals surface area contributed by atoms with Gasteiger partial charge in [-0.2, -0.15) is 0 Å². The third-order valence-electron chi connectivity index (χ3n) is 5.66. The van der Waals surface area contributed by atoms with Crippen molar-refractivity contribution in [3.63, 3.8) is 0 Å². The molecule has 1 saturated heterocycles. The first-order valence-electron chi connectivity index (χ1n) is 10.2. The van der Waals surface area contributed by atoms with Gasteiger partial charge in [-0.25, -0.2) is 0 Å². The number of nitrogens with zero attached hydrogens (tertiary/aromatic N) is 3. The lowest BCUT2D eigenvalue weighted by molar-refractivity contribution is 0.472. The molecule has 4 aromatic rings. The normalized spacial score (nSPS) is 18.2. The second kappa shape index (κ2) is 7.89. The molecule has 0 unspecified atom stereocenters. The maximum Gasteiger partial charge on any atom is 0.174 e. The van der Waals surface area contributed by atoms with E-state index >= 15 is 0 Å². The number of rotatable bonds is 4. The Morgan fingerprint density at radius 1 is 0.903 bits per heavy atom. The van der Waals surface area contributed by atoms with Crippen molar-refractivity contribution in [2.24, 2.45) is 0 Å². The van der Waals surface area contributed by atoms with E-state index in [0.717, 1.165) is 22.8 Å². The van der Waals surface area contributed by atoms with Gasteiger partial charge in [0.25, 0.3) is 0 Å². The topological polar surface area (TPSA) is 53.3 Å². The van der Waals surface area contributed by atoms with E-state index in [1.165, 1.54) is 0 Å². The van der Waals surface area contributed by atoms with Crippen molar-refractivity contribution in [1.29, 1.82) is 0 Å². The maximum absolute atomic E-state index is 10.7. The van der Waals surface area contributed by atoms with Gasteiger partial charge in [0.15, 0.2) is 5.11 Å². The lowest BCUT2D eigenvalue weighted by Crippen LogP contribution is -2.30. The molecule has 5 nitrogen and oxygen atoms in total. The molecule has 2 atom stereocenters. The van der Waals surface area contributed by atoms with Gasteiger partial charge in [0, 0.05) is 23.3 Å². The summed E-state index contributed by atoms with van der Waals surface area (Å²) in [7, 11) is 0. The predicted octanol–water partition coefficient (Wildman–Crippen LogP) is 5.06. The van der Waals surface area contributed by atoms with Crippen LogP contribution >= 0.6 is 12.2 Å². The van der Waals surface area contributed by atoms with Crippen LogP contribution < -0.4 is 10.2 Å². The summed E-state index contributed by atoms with van der Waals surface area (Å²) in [5.41, 5.74) is 4.83. The summed E-state index contributed by atoms with van der Waals surface area (Å²) in [4.78, 5) is 6.61. The number of nitrogens with one attached hydrogen (secondary N) is 1. The van der Waals surface area contributed by atoms with E-state index in [0.29, 0.717) is 10.8 Å². The molecule has 2 aromatic carbocycles. The summed E-state index contributed by atoms with van der Waals surface area (Å²) in [5, 5.41) is 14.7. The minimum Gasteiger partial charge on any atom is -0.506 e. The van der Waals surface area contributed by atoms with Gasteiger partial charge in [-0.15, -0.1) is 0 Å². The first-order chi connectivity index (χ1) is 15.1. The third-order valence-corrected chi connectivity index (χ3v) is 5.98. The monoisotopic (exact) mass is 426 g/mol. The van der Waals surface area contributed by atoms with E-state index in [9.17, 15) is 5.11 Å². The Labute approximate surface area is 186 Å². The Balaban J connectivity index is 1.72. The highest BCUT2D eigenvalue weighted by atomic mass is 32.1. The van der Waals surface area contributed by atoms with Crippen molar-refractivity contribution in [2.45, 2.75) is 19.0 Å². The maximum atomic E-state index is 10.7. The largest absolute Gasteiger partial charge is 0.506 e. The van der Waals surface area contributed by atoms with Gasteiger partial charge < -0.3 is 19.9 Å². The van der Waals surface area contributed by atoms with Crippen LogP contribution in [0.4, 0.5) is 5.69 Å². The Morgan fingerprint density at radius 2 is 1.65 bits per heavy atom. The molecule has 31 heavy (non-hydrogen) atoms. The number of benzene rings is 2. The molecular weight excluding hydrogens is 404 g/mol. The molecule has 0 spiro atoms. The fraction of sp³-hybridized carbons (Fsp3) is 0.120. The number of hydrogen-bond acceptors (Lipinski definition) is 3. The lowest BCUT2D eigenvalue weighted by atomic mass is 10.0. The number of phenolic OH excluding ortho intramolecular Hbond substituents is 1. The molecule has 3 heterocycles. The molecule has 2 aromatic heterocycles. The van der Waals surface area contributed by atoms with Crippen LogP contribution in [0.2, 0.25) is 0 Å². The number of aryl methyl sites for hydroxylation is 1. The van der Waals surface area contributed by atoms with Crippen LogP contribution in [0, 0.1) is 6.92 Å². The van der Waals surface area contributed by atoms with Gasteiger partial charge in [-0.05, 0) is 67.7 Å². The Kier molecular flexibility index (Phi) is 4.92. The van der Waals surface area contributed by atoms with E-state index in [1.54, 1.807) is 12.3 Å². The molecule has 0 aliphatic carbocycles. The van der Waals surface area contributed by atoms with Crippen LogP contribution in [0.15, 0.2) is 91.1 Å². The number of thiocarbonyl (C=S) groups is 1. The van der Waals surface area contributed by atoms with Crippen molar-refractivity contribution < 1.29 is 5.11 Å². The number of anilines is 1. The smallest absolute Gasteiger partial charge is 0.174 e. The highest BCUT2D eigenvalue weighted by Gasteiger charge is 2.43. The standard InChI is InChI=1S/C25H22N4OS/c1-17-14-15-21(28(17)18-9-3-2-4-10-18)24-23(19-11-7-8-16-26-19)27-25(31)29(24)20-12-5-6-13-22(20)30/h2-16,23-24,30H,1H3,(H,27,31)/t23-,24+/m1/s1. The molecule has 1 aliphatic rings. The lowest BCUT2D eigenvalue weighted by Gasteiger charge is -2.29. The number of phenols is 1. The molecule has 6 heteroatoms. The molecule has 1 fully saturated rings. The average Bonchev–Trinajstić information content (AvgIpc) is 3.35. The van der Waals surface area contributed by atoms with Crippen molar-refractivity contribution in [2.75, 3.05) is 4.90 Å². The van der Waals surface area contributed by atoms with Crippen LogP contribution in [0.5, 0.6) is 5.75 Å². The first-order valence-corrected chi connectivity index (χ1v) is 10.6. The molecule has 5 rings (SSSR count). The van der Waals surface area contributed by atoms with Gasteiger partial charge in [-0.3, -0.25) is 4.98 Å². The second-order valence-corrected chi connectivity index (χ2v) is 7.94. The van der Waals surface area contributed by atoms with Crippen molar-refractivity contribution >= 4 is 23.0 Å². The van der Waals surface area contributed by atoms with Crippen LogP contribution in [0.25, 0.3) is 5.69 Å². The fourth-order valence-corrected chi connectivity index (χ4v) is 4.64. The number of aromatic hydroxyl groups is 1. The Hall–Kier alpha value is -3.64. The number of pyridine rings is 1. The molecule has 154 valence electrons. The van der Waals surface area contributed by atoms with Gasteiger partial charge in [-0.1, -0.05) is 36.4 Å². The third kappa shape index (κ3) is 3.35. The van der Waals surface area contributed by atoms with E-state index in [-0.39, 0.29) is 17.8 Å². The second-order valence-electron chi connectivity index (χ2n) is 7.56. The summed E-state index contributed by atoms with van der Waals surface area (Å²) in [6.45, 7) is 2.09. The molecule has 0 saturated carbocycles. The number of aromatic nitrogens is 2. The predicted molar refractivity (Wildman–Crippen MR) is 127 cm³/mol. The quantitative estimate of drug-likeness (QED) is 0.447. The molecule has 1 aliphatic heterocycles. The Morgan fingerprint density at radius 3 is 2.39 bits per heavy atom. The van der Waals surface area contributed by atoms with E-state index in [4.69, 9.17) is 12.2 Å². The van der Waals surface area contributed by atoms with E-state index in [1.807, 2.05) is 59.5 Å². The summed E-state index contributed by atoms with van der Waals surface area (Å²) in [6.07, 6.45) is 1.79. The number of hydrogen-bond donors (Lipinski definition) is 2. The van der Waals surface area contributed by atoms with E-state index in [2.05, 4.69) is 46.1 Å². The zero-order chi connectivity index (χ0) is 21.4. The number of para-hydroxylation sites is 3. The zero-order valence-corrected chi connectivity index (χ0v) is 17.8. The summed E-state index contributed by atoms with van der Waals surface area (Å²) >= 11 is 5.77. The highest BCUT2D eigenvalue weighted by molar-refractivity contribution is 7.80. The van der Waals surface area contributed by atoms with Crippen molar-refractivity contribution in [1.82, 2.24) is 14.9 Å². The molecule has 2 N–H and O–H groups in total. The summed E-state index contributed by atoms with van der Waals surface area (Å²) in [5.74, 6) is 0.188. The van der Waals surface area contributed by atoms with E-state index < -0.39 is 0 Å². The van der Waals surface area contributed by atoms with Gasteiger partial charge in [0.2, 0.25) is 0 Å². The van der Waals surface area contributed by atoms with Crippen molar-refractivity contribution in [3.8, 4) is 11.4 Å². The van der Waals surface area contributed by atoms with Gasteiger partial charge >= 0.3 is 0 Å². The summed E-state index contributed by atoms with van der Waals surface area (Å²) < 4.78 is 2.24. The minimum atomic E-state index is -0.204. The highest BCUT2D eigenvalue weighted by Crippen LogP contribution is 2.44. The fourth-order valence-electron chi connectivity index (χ4n) is 4.30. The SMILES string of the molecule is Cc1ccc([C@H]2[C@@H](c3ccccn3)NC(=S)N2c2ccccc2O)n1-c1ccccc1. The average molecular weight is 427 g/mol. The van der Waals surface area contributed by atoms with Gasteiger partial charge in [0.1, 0.15) is 11.8 Å². The minimum absolute atomic E-state index is 0.176.